The number of amides is 5. The third-order valence-corrected chi connectivity index (χ3v) is 7.68. The van der Waals surface area contributed by atoms with Crippen LogP contribution in [-0.4, -0.2) is 99.1 Å². The highest BCUT2D eigenvalue weighted by molar-refractivity contribution is 6.47. The number of imide groups is 1. The van der Waals surface area contributed by atoms with Gasteiger partial charge in [-0.25, -0.2) is 18.4 Å². The zero-order valence-corrected chi connectivity index (χ0v) is 24.4. The monoisotopic (exact) mass is 673 g/mol. The molecule has 0 radical (unpaired) electrons. The molecule has 0 unspecified atom stereocenters. The van der Waals surface area contributed by atoms with Gasteiger partial charge < -0.3 is 46.3 Å². The summed E-state index contributed by atoms with van der Waals surface area (Å²) in [5, 5.41) is 42.7. The van der Waals surface area contributed by atoms with Crippen molar-refractivity contribution in [1.82, 2.24) is 20.4 Å². The lowest BCUT2D eigenvalue weighted by Gasteiger charge is -2.34. The van der Waals surface area contributed by atoms with Crippen molar-refractivity contribution in [3.63, 3.8) is 0 Å². The van der Waals surface area contributed by atoms with Gasteiger partial charge in [0.15, 0.2) is 17.3 Å². The van der Waals surface area contributed by atoms with Gasteiger partial charge in [-0.3, -0.25) is 19.3 Å². The molecule has 4 rings (SSSR count). The SMILES string of the molecule is NCCCN1CCN(C(=O)N[C@@H](C(=O)N[C@H]2Cc3cc(Cl)c(F)c(C(=O)O)c3OB2O)c2c(F)cc(O)c(O)c2Cl)C(=O)C1=O. The number of piperazine rings is 1. The molecule has 0 spiro atoms. The maximum absolute atomic E-state index is 15.1. The van der Waals surface area contributed by atoms with Gasteiger partial charge >= 0.3 is 30.9 Å². The van der Waals surface area contributed by atoms with Crippen LogP contribution in [0.1, 0.15) is 33.9 Å². The molecule has 0 aromatic heterocycles. The standard InChI is InChI=1S/C25H24BCl2F2N5O10/c27-10-6-9-7-13(26(44)45-20(9)15(17(10)30)24(41)42)32-21(38)18(14-11(29)8-12(36)19(37)16(14)28)33-25(43)35-5-4-34(3-1-2-31)22(39)23(35)40/h6,8,13,18,36-37,44H,1-5,7,31H2,(H,32,38)(H,33,43)(H,41,42)/t13-,18+/m0/s1. The van der Waals surface area contributed by atoms with Crippen LogP contribution in [0.25, 0.3) is 0 Å². The van der Waals surface area contributed by atoms with E-state index in [-0.39, 0.29) is 31.7 Å². The summed E-state index contributed by atoms with van der Waals surface area (Å²) in [4.78, 5) is 65.2. The van der Waals surface area contributed by atoms with Crippen LogP contribution in [-0.2, 0) is 20.8 Å². The maximum atomic E-state index is 15.1. The number of fused-ring (bicyclic) bond motifs is 1. The number of carboxylic acids is 1. The third kappa shape index (κ3) is 6.53. The normalized spacial score (nSPS) is 17.0. The number of hydrogen-bond acceptors (Lipinski definition) is 10. The average molecular weight is 674 g/mol. The van der Waals surface area contributed by atoms with E-state index in [9.17, 15) is 48.7 Å². The molecule has 2 aliphatic heterocycles. The number of carbonyl (C=O) groups is 5. The lowest BCUT2D eigenvalue weighted by molar-refractivity contribution is -0.153. The third-order valence-electron chi connectivity index (χ3n) is 7.03. The number of nitrogens with zero attached hydrogens (tertiary/aromatic N) is 2. The molecule has 0 bridgehead atoms. The molecule has 0 aliphatic carbocycles. The number of aromatic carboxylic acids is 1. The van der Waals surface area contributed by atoms with Crippen molar-refractivity contribution in [3.8, 4) is 17.2 Å². The molecule has 240 valence electrons. The number of urea groups is 1. The highest BCUT2D eigenvalue weighted by Crippen LogP contribution is 2.41. The lowest BCUT2D eigenvalue weighted by Crippen LogP contribution is -2.60. The summed E-state index contributed by atoms with van der Waals surface area (Å²) in [6, 6.07) is -2.11. The summed E-state index contributed by atoms with van der Waals surface area (Å²) >= 11 is 11.8. The van der Waals surface area contributed by atoms with Crippen LogP contribution in [0.5, 0.6) is 17.2 Å². The van der Waals surface area contributed by atoms with Crippen LogP contribution >= 0.6 is 23.2 Å². The van der Waals surface area contributed by atoms with E-state index in [1.165, 1.54) is 4.90 Å². The number of nitrogens with one attached hydrogen (secondary N) is 2. The molecule has 1 fully saturated rings. The van der Waals surface area contributed by atoms with Crippen molar-refractivity contribution in [1.29, 1.82) is 0 Å². The van der Waals surface area contributed by atoms with Gasteiger partial charge in [-0.15, -0.1) is 0 Å². The predicted molar refractivity (Wildman–Crippen MR) is 151 cm³/mol. The molecule has 8 N–H and O–H groups in total. The maximum Gasteiger partial charge on any atom is 0.547 e. The van der Waals surface area contributed by atoms with E-state index < -0.39 is 105 Å². The Balaban J connectivity index is 1.64. The van der Waals surface area contributed by atoms with Gasteiger partial charge in [-0.05, 0) is 31.0 Å². The van der Waals surface area contributed by atoms with Gasteiger partial charge in [-0.2, -0.15) is 0 Å². The number of hydrogen-bond donors (Lipinski definition) is 7. The molecule has 2 aromatic carbocycles. The van der Waals surface area contributed by atoms with Gasteiger partial charge in [0, 0.05) is 31.3 Å². The number of carbonyl (C=O) groups excluding carboxylic acids is 4. The van der Waals surface area contributed by atoms with Crippen LogP contribution in [0.15, 0.2) is 12.1 Å². The number of nitrogens with two attached hydrogens (primary N) is 1. The number of aromatic hydroxyl groups is 2. The molecule has 2 heterocycles. The number of benzene rings is 2. The summed E-state index contributed by atoms with van der Waals surface area (Å²) in [5.74, 6) is -12.1. The first kappa shape index (κ1) is 33.5. The highest BCUT2D eigenvalue weighted by Gasteiger charge is 2.43. The minimum absolute atomic E-state index is 0.0434. The van der Waals surface area contributed by atoms with Crippen molar-refractivity contribution in [2.45, 2.75) is 24.8 Å². The summed E-state index contributed by atoms with van der Waals surface area (Å²) in [7, 11) is -2.01. The number of carboxylic acid groups (broad SMARTS) is 1. The van der Waals surface area contributed by atoms with E-state index in [4.69, 9.17) is 33.6 Å². The van der Waals surface area contributed by atoms with Gasteiger partial charge in [0.25, 0.3) is 0 Å². The molecule has 1 saturated heterocycles. The van der Waals surface area contributed by atoms with E-state index in [1.54, 1.807) is 0 Å². The summed E-state index contributed by atoms with van der Waals surface area (Å²) in [6.07, 6.45) is -0.0203. The molecular weight excluding hydrogens is 650 g/mol. The van der Waals surface area contributed by atoms with Crippen LogP contribution in [0.4, 0.5) is 13.6 Å². The topological polar surface area (TPSA) is 232 Å². The second kappa shape index (κ2) is 13.3. The first-order valence-corrected chi connectivity index (χ1v) is 13.8. The smallest absolute Gasteiger partial charge is 0.534 e. The molecule has 2 aliphatic rings. The highest BCUT2D eigenvalue weighted by atomic mass is 35.5. The number of phenols is 2. The first-order valence-electron chi connectivity index (χ1n) is 13.1. The van der Waals surface area contributed by atoms with E-state index in [0.717, 1.165) is 6.07 Å². The number of phenolic OH excluding ortho intramolecular Hbond substituents is 2. The molecule has 20 heteroatoms. The molecule has 15 nitrogen and oxygen atoms in total. The van der Waals surface area contributed by atoms with Crippen LogP contribution < -0.4 is 21.0 Å². The number of halogens is 4. The van der Waals surface area contributed by atoms with Crippen LogP contribution in [0, 0.1) is 11.6 Å². The Morgan fingerprint density at radius 1 is 1.16 bits per heavy atom. The van der Waals surface area contributed by atoms with E-state index >= 15 is 4.39 Å². The molecular formula is C25H24BCl2F2N5O10. The summed E-state index contributed by atoms with van der Waals surface area (Å²) in [6.45, 7) is -0.00432. The first-order chi connectivity index (χ1) is 21.2. The molecule has 2 atom stereocenters. The zero-order valence-electron chi connectivity index (χ0n) is 22.9. The average Bonchev–Trinajstić information content (AvgIpc) is 2.97. The van der Waals surface area contributed by atoms with Crippen molar-refractivity contribution < 1.29 is 57.8 Å². The minimum Gasteiger partial charge on any atom is -0.534 e. The largest absolute Gasteiger partial charge is 0.547 e. The number of rotatable bonds is 8. The van der Waals surface area contributed by atoms with Crippen molar-refractivity contribution in [2.75, 3.05) is 26.2 Å². The van der Waals surface area contributed by atoms with Crippen LogP contribution in [0.3, 0.4) is 0 Å². The quantitative estimate of drug-likeness (QED) is 0.114. The van der Waals surface area contributed by atoms with Gasteiger partial charge in [0.1, 0.15) is 23.2 Å². The van der Waals surface area contributed by atoms with Crippen molar-refractivity contribution in [3.05, 3.63) is 50.5 Å². The molecule has 0 saturated carbocycles. The fraction of sp³-hybridized carbons (Fsp3) is 0.320. The zero-order chi connectivity index (χ0) is 33.3. The Labute approximate surface area is 262 Å². The second-order valence-corrected chi connectivity index (χ2v) is 10.7. The van der Waals surface area contributed by atoms with Gasteiger partial charge in [-0.1, -0.05) is 23.2 Å². The Kier molecular flexibility index (Phi) is 9.91. The Bertz CT molecular complexity index is 1600. The minimum atomic E-state index is -2.17. The Hall–Kier alpha value is -4.39. The lowest BCUT2D eigenvalue weighted by atomic mass is 9.72. The molecule has 2 aromatic rings. The summed E-state index contributed by atoms with van der Waals surface area (Å²) in [5.41, 5.74) is 3.55. The van der Waals surface area contributed by atoms with Crippen LogP contribution in [0.2, 0.25) is 10.0 Å². The molecule has 45 heavy (non-hydrogen) atoms. The van der Waals surface area contributed by atoms with Gasteiger partial charge in [0.05, 0.1) is 16.0 Å². The predicted octanol–water partition coefficient (Wildman–Crippen LogP) is 0.291. The Morgan fingerprint density at radius 3 is 2.49 bits per heavy atom. The second-order valence-electron chi connectivity index (χ2n) is 9.90. The van der Waals surface area contributed by atoms with Gasteiger partial charge in [0.2, 0.25) is 5.91 Å². The Morgan fingerprint density at radius 2 is 1.84 bits per heavy atom. The summed E-state index contributed by atoms with van der Waals surface area (Å²) < 4.78 is 34.7. The van der Waals surface area contributed by atoms with Crippen molar-refractivity contribution >= 4 is 60.0 Å². The molecule has 5 amide bonds. The van der Waals surface area contributed by atoms with E-state index in [1.807, 2.05) is 0 Å². The van der Waals surface area contributed by atoms with E-state index in [2.05, 4.69) is 10.6 Å². The van der Waals surface area contributed by atoms with E-state index in [0.29, 0.717) is 17.4 Å². The fourth-order valence-corrected chi connectivity index (χ4v) is 5.30. The van der Waals surface area contributed by atoms with Crippen molar-refractivity contribution in [2.24, 2.45) is 5.73 Å². The fourth-order valence-electron chi connectivity index (χ4n) is 4.78.